The van der Waals surface area contributed by atoms with Crippen LogP contribution in [0.2, 0.25) is 0 Å². The van der Waals surface area contributed by atoms with Crippen molar-refractivity contribution in [2.45, 2.75) is 116 Å². The van der Waals surface area contributed by atoms with Gasteiger partial charge in [-0.2, -0.15) is 0 Å². The molecule has 1 aliphatic rings. The maximum absolute atomic E-state index is 4.63. The first-order valence-electron chi connectivity index (χ1n) is 13.1. The smallest absolute Gasteiger partial charge is 0.107 e. The zero-order valence-corrected chi connectivity index (χ0v) is 19.8. The number of rotatable bonds is 17. The number of nitrogens with zero attached hydrogens (tertiary/aromatic N) is 3. The molecule has 0 aromatic carbocycles. The van der Waals surface area contributed by atoms with Gasteiger partial charge in [0.2, 0.25) is 0 Å². The summed E-state index contributed by atoms with van der Waals surface area (Å²) in [5, 5.41) is 0. The molecule has 0 radical (unpaired) electrons. The highest BCUT2D eigenvalue weighted by atomic mass is 14.8. The van der Waals surface area contributed by atoms with Gasteiger partial charge in [0.25, 0.3) is 0 Å². The van der Waals surface area contributed by atoms with E-state index in [0.717, 1.165) is 35.8 Å². The van der Waals surface area contributed by atoms with E-state index in [1.54, 1.807) is 0 Å². The molecule has 2 aromatic rings. The summed E-state index contributed by atoms with van der Waals surface area (Å²) in [6, 6.07) is 4.29. The summed E-state index contributed by atoms with van der Waals surface area (Å²) in [7, 11) is 0. The van der Waals surface area contributed by atoms with Gasteiger partial charge in [0, 0.05) is 12.4 Å². The van der Waals surface area contributed by atoms with Gasteiger partial charge in [-0.3, -0.25) is 15.0 Å². The summed E-state index contributed by atoms with van der Waals surface area (Å²) in [4.78, 5) is 13.9. The zero-order valence-electron chi connectivity index (χ0n) is 19.8. The number of aromatic nitrogens is 3. The predicted octanol–water partition coefficient (Wildman–Crippen LogP) is 8.12. The van der Waals surface area contributed by atoms with E-state index in [0.29, 0.717) is 0 Å². The number of aryl methyl sites for hydroxylation is 2. The normalized spacial score (nSPS) is 13.6. The van der Waals surface area contributed by atoms with E-state index in [9.17, 15) is 0 Å². The first kappa shape index (κ1) is 23.9. The highest BCUT2D eigenvalue weighted by molar-refractivity contribution is 5.52. The Labute approximate surface area is 190 Å². The summed E-state index contributed by atoms with van der Waals surface area (Å²) >= 11 is 0. The van der Waals surface area contributed by atoms with Crippen LogP contribution in [0, 0.1) is 5.92 Å². The molecule has 0 saturated heterocycles. The average molecular weight is 422 g/mol. The van der Waals surface area contributed by atoms with Crippen LogP contribution in [0.4, 0.5) is 0 Å². The summed E-state index contributed by atoms with van der Waals surface area (Å²) in [5.41, 5.74) is 4.24. The van der Waals surface area contributed by atoms with Gasteiger partial charge in [-0.1, -0.05) is 96.5 Å². The summed E-state index contributed by atoms with van der Waals surface area (Å²) in [6.07, 6.45) is 28.7. The molecule has 0 aliphatic heterocycles. The summed E-state index contributed by atoms with van der Waals surface area (Å²) in [5.74, 6) is 1.10. The quantitative estimate of drug-likeness (QED) is 0.242. The van der Waals surface area contributed by atoms with E-state index in [4.69, 9.17) is 0 Å². The van der Waals surface area contributed by atoms with Crippen molar-refractivity contribution >= 4 is 0 Å². The lowest BCUT2D eigenvalue weighted by molar-refractivity contribution is 0.552. The van der Waals surface area contributed by atoms with Crippen molar-refractivity contribution in [1.82, 2.24) is 15.0 Å². The zero-order chi connectivity index (χ0) is 21.6. The number of hydrogen-bond acceptors (Lipinski definition) is 3. The summed E-state index contributed by atoms with van der Waals surface area (Å²) < 4.78 is 0. The third-order valence-corrected chi connectivity index (χ3v) is 6.60. The van der Waals surface area contributed by atoms with Crippen LogP contribution in [0.25, 0.3) is 11.4 Å². The molecule has 0 N–H and O–H groups in total. The monoisotopic (exact) mass is 421 g/mol. The van der Waals surface area contributed by atoms with Gasteiger partial charge in [-0.25, -0.2) is 0 Å². The molecule has 3 rings (SSSR count). The van der Waals surface area contributed by atoms with Gasteiger partial charge < -0.3 is 0 Å². The Kier molecular flexibility index (Phi) is 11.0. The topological polar surface area (TPSA) is 38.7 Å². The molecular weight excluding hydrogens is 378 g/mol. The van der Waals surface area contributed by atoms with Crippen molar-refractivity contribution in [1.29, 1.82) is 0 Å². The van der Waals surface area contributed by atoms with Crippen molar-refractivity contribution in [2.75, 3.05) is 0 Å². The molecular formula is C28H43N3. The maximum Gasteiger partial charge on any atom is 0.107 e. The molecule has 170 valence electrons. The van der Waals surface area contributed by atoms with Gasteiger partial charge in [0.15, 0.2) is 0 Å². The third-order valence-electron chi connectivity index (χ3n) is 6.60. The fraction of sp³-hybridized carbons (Fsp3) is 0.679. The van der Waals surface area contributed by atoms with Gasteiger partial charge in [-0.05, 0) is 43.2 Å². The van der Waals surface area contributed by atoms with E-state index >= 15 is 0 Å². The highest BCUT2D eigenvalue weighted by Crippen LogP contribution is 2.34. The minimum Gasteiger partial charge on any atom is -0.257 e. The van der Waals surface area contributed by atoms with Gasteiger partial charge in [0.1, 0.15) is 5.69 Å². The first-order valence-corrected chi connectivity index (χ1v) is 13.1. The van der Waals surface area contributed by atoms with Crippen LogP contribution in [0.1, 0.15) is 114 Å². The van der Waals surface area contributed by atoms with Gasteiger partial charge in [-0.15, -0.1) is 0 Å². The van der Waals surface area contributed by atoms with Crippen LogP contribution in [0.3, 0.4) is 0 Å². The first-order chi connectivity index (χ1) is 15.3. The van der Waals surface area contributed by atoms with Crippen LogP contribution < -0.4 is 0 Å². The molecule has 0 bridgehead atoms. The lowest BCUT2D eigenvalue weighted by Gasteiger charge is -2.05. The van der Waals surface area contributed by atoms with E-state index in [2.05, 4.69) is 34.0 Å². The molecule has 1 fully saturated rings. The molecule has 1 aliphatic carbocycles. The summed E-state index contributed by atoms with van der Waals surface area (Å²) in [6.45, 7) is 2.26. The van der Waals surface area contributed by atoms with Crippen molar-refractivity contribution in [3.8, 4) is 11.4 Å². The van der Waals surface area contributed by atoms with Crippen molar-refractivity contribution in [3.05, 3.63) is 42.0 Å². The van der Waals surface area contributed by atoms with Crippen molar-refractivity contribution < 1.29 is 0 Å². The highest BCUT2D eigenvalue weighted by Gasteiger charge is 2.19. The fourth-order valence-corrected chi connectivity index (χ4v) is 4.30. The molecule has 0 atom stereocenters. The van der Waals surface area contributed by atoms with Crippen LogP contribution >= 0.6 is 0 Å². The Morgan fingerprint density at radius 2 is 1.32 bits per heavy atom. The molecule has 2 heterocycles. The molecule has 31 heavy (non-hydrogen) atoms. The van der Waals surface area contributed by atoms with Crippen LogP contribution in [0.15, 0.2) is 30.7 Å². The molecule has 0 unspecified atom stereocenters. The number of unbranched alkanes of at least 4 members (excludes halogenated alkanes) is 10. The second kappa shape index (κ2) is 14.3. The van der Waals surface area contributed by atoms with Gasteiger partial charge >= 0.3 is 0 Å². The molecule has 3 heteroatoms. The molecule has 2 aromatic heterocycles. The third kappa shape index (κ3) is 9.93. The standard InChI is InChI=1S/C28H43N3/c1-2-3-4-8-12-15-25-19-20-27(30-21-25)28-23-29-26(22-31-28)16-13-10-7-5-6-9-11-14-24-17-18-24/h19-24H,2-18H2,1H3. The van der Waals surface area contributed by atoms with Crippen LogP contribution in [-0.4, -0.2) is 15.0 Å². The fourth-order valence-electron chi connectivity index (χ4n) is 4.30. The Balaban J connectivity index is 1.27. The van der Waals surface area contributed by atoms with Crippen molar-refractivity contribution in [2.24, 2.45) is 5.92 Å². The Bertz CT molecular complexity index is 704. The van der Waals surface area contributed by atoms with E-state index in [1.807, 2.05) is 18.6 Å². The van der Waals surface area contributed by atoms with Crippen LogP contribution in [-0.2, 0) is 12.8 Å². The molecule has 1 saturated carbocycles. The minimum absolute atomic E-state index is 0.879. The molecule has 0 amide bonds. The second-order valence-corrected chi connectivity index (χ2v) is 9.57. The largest absolute Gasteiger partial charge is 0.257 e. The Morgan fingerprint density at radius 1 is 0.645 bits per heavy atom. The molecule has 0 spiro atoms. The van der Waals surface area contributed by atoms with Crippen molar-refractivity contribution in [3.63, 3.8) is 0 Å². The Hall–Kier alpha value is -1.77. The van der Waals surface area contributed by atoms with Gasteiger partial charge in [0.05, 0.1) is 17.6 Å². The number of pyridine rings is 1. The van der Waals surface area contributed by atoms with E-state index < -0.39 is 0 Å². The Morgan fingerprint density at radius 3 is 1.97 bits per heavy atom. The lowest BCUT2D eigenvalue weighted by Crippen LogP contribution is -1.96. The molecule has 3 nitrogen and oxygen atoms in total. The van der Waals surface area contributed by atoms with E-state index in [1.165, 1.54) is 102 Å². The number of hydrogen-bond donors (Lipinski definition) is 0. The SMILES string of the molecule is CCCCCCCc1ccc(-c2cnc(CCCCCCCCCC3CC3)cn2)nc1. The van der Waals surface area contributed by atoms with Crippen LogP contribution in [0.5, 0.6) is 0 Å². The maximum atomic E-state index is 4.63. The predicted molar refractivity (Wildman–Crippen MR) is 131 cm³/mol. The average Bonchev–Trinajstić information content (AvgIpc) is 3.63. The minimum atomic E-state index is 0.879. The lowest BCUT2D eigenvalue weighted by atomic mass is 10.1. The van der Waals surface area contributed by atoms with E-state index in [-0.39, 0.29) is 0 Å². The second-order valence-electron chi connectivity index (χ2n) is 9.57.